The number of fused-ring (bicyclic) bond motifs is 1. The predicted molar refractivity (Wildman–Crippen MR) is 103 cm³/mol. The van der Waals surface area contributed by atoms with Gasteiger partial charge in [0.05, 0.1) is 17.1 Å². The van der Waals surface area contributed by atoms with Gasteiger partial charge in [-0.1, -0.05) is 58.8 Å². The fourth-order valence-electron chi connectivity index (χ4n) is 3.46. The van der Waals surface area contributed by atoms with E-state index in [1.54, 1.807) is 30.1 Å². The van der Waals surface area contributed by atoms with E-state index < -0.39 is 0 Å². The fourth-order valence-corrected chi connectivity index (χ4v) is 3.46. The Balaban J connectivity index is 2.35. The maximum Gasteiger partial charge on any atom is 0.331 e. The normalized spacial score (nSPS) is 12.6. The van der Waals surface area contributed by atoms with Crippen molar-refractivity contribution in [2.75, 3.05) is 0 Å². The Morgan fingerprint density at radius 1 is 1.00 bits per heavy atom. The summed E-state index contributed by atoms with van der Waals surface area (Å²) in [6.07, 6.45) is 13.0. The number of nitrogens with zero attached hydrogens (tertiary/aromatic N) is 3. The predicted octanol–water partition coefficient (Wildman–Crippen LogP) is 4.19. The van der Waals surface area contributed by atoms with Crippen molar-refractivity contribution in [2.24, 2.45) is 7.05 Å². The second-order valence-corrected chi connectivity index (χ2v) is 6.91. The fraction of sp³-hybridized carbons (Fsp3) is 0.650. The minimum Gasteiger partial charge on any atom is -0.295 e. The minimum absolute atomic E-state index is 0.00894. The van der Waals surface area contributed by atoms with E-state index in [4.69, 9.17) is 0 Å². The maximum absolute atomic E-state index is 13.0. The minimum atomic E-state index is -0.222. The molecule has 2 aromatic rings. The van der Waals surface area contributed by atoms with Gasteiger partial charge >= 0.3 is 5.69 Å². The Morgan fingerprint density at radius 2 is 1.68 bits per heavy atom. The lowest BCUT2D eigenvalue weighted by molar-refractivity contribution is 0.376. The van der Waals surface area contributed by atoms with Crippen molar-refractivity contribution in [3.05, 3.63) is 39.3 Å². The lowest BCUT2D eigenvalue weighted by Crippen LogP contribution is -2.41. The Hall–Kier alpha value is -1.91. The van der Waals surface area contributed by atoms with Crippen molar-refractivity contribution in [3.8, 4) is 0 Å². The molecular weight excluding hydrogens is 314 g/mol. The molecule has 2 heterocycles. The van der Waals surface area contributed by atoms with Gasteiger partial charge in [-0.05, 0) is 18.9 Å². The SMILES string of the molecule is CCCCCCCC(CCCC)n1c(=O)c2ccncc2n(C)c1=O. The maximum atomic E-state index is 13.0. The molecule has 5 heteroatoms. The van der Waals surface area contributed by atoms with Gasteiger partial charge in [0.1, 0.15) is 0 Å². The molecule has 25 heavy (non-hydrogen) atoms. The van der Waals surface area contributed by atoms with Crippen LogP contribution < -0.4 is 11.2 Å². The van der Waals surface area contributed by atoms with E-state index in [9.17, 15) is 9.59 Å². The number of rotatable bonds is 10. The molecule has 2 aromatic heterocycles. The van der Waals surface area contributed by atoms with Gasteiger partial charge in [-0.2, -0.15) is 0 Å². The van der Waals surface area contributed by atoms with Gasteiger partial charge in [0, 0.05) is 19.3 Å². The van der Waals surface area contributed by atoms with Gasteiger partial charge in [0.15, 0.2) is 0 Å². The smallest absolute Gasteiger partial charge is 0.295 e. The first kappa shape index (κ1) is 19.4. The molecule has 0 radical (unpaired) electrons. The summed E-state index contributed by atoms with van der Waals surface area (Å²) < 4.78 is 3.05. The van der Waals surface area contributed by atoms with Crippen LogP contribution >= 0.6 is 0 Å². The van der Waals surface area contributed by atoms with E-state index in [1.807, 2.05) is 0 Å². The van der Waals surface area contributed by atoms with Gasteiger partial charge in [-0.25, -0.2) is 4.79 Å². The monoisotopic (exact) mass is 345 g/mol. The molecule has 1 unspecified atom stereocenters. The summed E-state index contributed by atoms with van der Waals surface area (Å²) in [6, 6.07) is 1.71. The Labute approximate surface area is 149 Å². The average Bonchev–Trinajstić information content (AvgIpc) is 2.63. The summed E-state index contributed by atoms with van der Waals surface area (Å²) in [5, 5.41) is 0.574. The van der Waals surface area contributed by atoms with Crippen LogP contribution in [-0.2, 0) is 7.05 Å². The summed E-state index contributed by atoms with van der Waals surface area (Å²) in [4.78, 5) is 29.9. The van der Waals surface area contributed by atoms with E-state index in [2.05, 4.69) is 18.8 Å². The first-order valence-electron chi connectivity index (χ1n) is 9.67. The summed E-state index contributed by atoms with van der Waals surface area (Å²) in [5.74, 6) is 0. The third kappa shape index (κ3) is 4.59. The Morgan fingerprint density at radius 3 is 2.40 bits per heavy atom. The number of aromatic nitrogens is 3. The Kier molecular flexibility index (Phi) is 7.41. The zero-order valence-electron chi connectivity index (χ0n) is 15.8. The molecule has 0 bridgehead atoms. The first-order chi connectivity index (χ1) is 12.1. The van der Waals surface area contributed by atoms with Gasteiger partial charge in [0.2, 0.25) is 0 Å². The second-order valence-electron chi connectivity index (χ2n) is 6.91. The van der Waals surface area contributed by atoms with E-state index in [1.165, 1.54) is 30.3 Å². The molecule has 2 rings (SSSR count). The molecule has 0 aromatic carbocycles. The summed E-state index contributed by atoms with van der Waals surface area (Å²) in [6.45, 7) is 4.35. The summed E-state index contributed by atoms with van der Waals surface area (Å²) >= 11 is 0. The van der Waals surface area contributed by atoms with Crippen LogP contribution in [0.3, 0.4) is 0 Å². The number of hydrogen-bond donors (Lipinski definition) is 0. The molecule has 0 aliphatic carbocycles. The molecule has 0 saturated heterocycles. The number of aryl methyl sites for hydroxylation is 1. The highest BCUT2D eigenvalue weighted by atomic mass is 16.2. The van der Waals surface area contributed by atoms with Crippen molar-refractivity contribution in [2.45, 2.75) is 77.7 Å². The van der Waals surface area contributed by atoms with Crippen LogP contribution in [0.4, 0.5) is 0 Å². The van der Waals surface area contributed by atoms with Gasteiger partial charge in [-0.3, -0.25) is 18.9 Å². The molecule has 0 aliphatic rings. The van der Waals surface area contributed by atoms with Crippen molar-refractivity contribution >= 4 is 10.9 Å². The van der Waals surface area contributed by atoms with Crippen LogP contribution in [0.2, 0.25) is 0 Å². The van der Waals surface area contributed by atoms with Crippen LogP contribution in [0.1, 0.15) is 77.7 Å². The topological polar surface area (TPSA) is 56.9 Å². The lowest BCUT2D eigenvalue weighted by atomic mass is 10.0. The molecule has 0 amide bonds. The molecule has 1 atom stereocenters. The summed E-state index contributed by atoms with van der Waals surface area (Å²) in [7, 11) is 1.72. The van der Waals surface area contributed by atoms with E-state index in [-0.39, 0.29) is 17.3 Å². The Bertz CT molecular complexity index is 792. The number of hydrogen-bond acceptors (Lipinski definition) is 3. The number of unbranched alkanes of at least 4 members (excludes halogenated alkanes) is 5. The van der Waals surface area contributed by atoms with Crippen LogP contribution in [0.25, 0.3) is 10.9 Å². The van der Waals surface area contributed by atoms with Crippen LogP contribution in [0, 0.1) is 0 Å². The highest BCUT2D eigenvalue weighted by molar-refractivity contribution is 5.76. The van der Waals surface area contributed by atoms with Gasteiger partial charge in [0.25, 0.3) is 5.56 Å². The highest BCUT2D eigenvalue weighted by Gasteiger charge is 2.18. The zero-order valence-corrected chi connectivity index (χ0v) is 15.8. The van der Waals surface area contributed by atoms with Crippen molar-refractivity contribution < 1.29 is 0 Å². The molecule has 0 aliphatic heterocycles. The van der Waals surface area contributed by atoms with Crippen LogP contribution in [-0.4, -0.2) is 14.1 Å². The third-order valence-electron chi connectivity index (χ3n) is 5.00. The van der Waals surface area contributed by atoms with Gasteiger partial charge in [-0.15, -0.1) is 0 Å². The standard InChI is InChI=1S/C20H31N3O2/c1-4-6-8-9-10-12-16(11-7-5-2)23-19(24)17-13-14-21-15-18(17)22(3)20(23)25/h13-16H,4-12H2,1-3H3. The quantitative estimate of drug-likeness (QED) is 0.607. The molecule has 0 spiro atoms. The van der Waals surface area contributed by atoms with Crippen molar-refractivity contribution in [3.63, 3.8) is 0 Å². The molecule has 0 saturated carbocycles. The van der Waals surface area contributed by atoms with Crippen LogP contribution in [0.15, 0.2) is 28.0 Å². The molecule has 5 nitrogen and oxygen atoms in total. The molecule has 138 valence electrons. The average molecular weight is 345 g/mol. The van der Waals surface area contributed by atoms with E-state index >= 15 is 0 Å². The number of pyridine rings is 1. The van der Waals surface area contributed by atoms with Crippen LogP contribution in [0.5, 0.6) is 0 Å². The summed E-state index contributed by atoms with van der Waals surface area (Å²) in [5.41, 5.74) is 0.209. The zero-order chi connectivity index (χ0) is 18.2. The molecule has 0 fully saturated rings. The van der Waals surface area contributed by atoms with E-state index in [0.29, 0.717) is 10.9 Å². The second kappa shape index (κ2) is 9.54. The van der Waals surface area contributed by atoms with Gasteiger partial charge < -0.3 is 0 Å². The third-order valence-corrected chi connectivity index (χ3v) is 5.00. The van der Waals surface area contributed by atoms with E-state index in [0.717, 1.165) is 32.1 Å². The molecule has 0 N–H and O–H groups in total. The first-order valence-corrected chi connectivity index (χ1v) is 9.67. The lowest BCUT2D eigenvalue weighted by Gasteiger charge is -2.20. The van der Waals surface area contributed by atoms with Crippen molar-refractivity contribution in [1.82, 2.24) is 14.1 Å². The highest BCUT2D eigenvalue weighted by Crippen LogP contribution is 2.21. The largest absolute Gasteiger partial charge is 0.331 e. The van der Waals surface area contributed by atoms with Crippen molar-refractivity contribution in [1.29, 1.82) is 0 Å². The molecular formula is C20H31N3O2.